The summed E-state index contributed by atoms with van der Waals surface area (Å²) in [6.45, 7) is 2.25. The minimum atomic E-state index is -4.42. The minimum absolute atomic E-state index is 0.187. The highest BCUT2D eigenvalue weighted by Crippen LogP contribution is 2.36. The van der Waals surface area contributed by atoms with Gasteiger partial charge >= 0.3 is 7.60 Å². The van der Waals surface area contributed by atoms with Gasteiger partial charge in [-0.05, 0) is 24.5 Å². The summed E-state index contributed by atoms with van der Waals surface area (Å²) in [5.41, 5.74) is 1.83. The molecule has 0 aliphatic heterocycles. The fourth-order valence-corrected chi connectivity index (χ4v) is 5.52. The van der Waals surface area contributed by atoms with Gasteiger partial charge < -0.3 is 25.2 Å². The van der Waals surface area contributed by atoms with Gasteiger partial charge in [-0.25, -0.2) is 0 Å². The zero-order valence-electron chi connectivity index (χ0n) is 22.0. The van der Waals surface area contributed by atoms with E-state index in [0.717, 1.165) is 35.7 Å². The maximum Gasteiger partial charge on any atom is 0.328 e. The van der Waals surface area contributed by atoms with Crippen LogP contribution in [-0.4, -0.2) is 44.1 Å². The van der Waals surface area contributed by atoms with Gasteiger partial charge in [-0.1, -0.05) is 102 Å². The van der Waals surface area contributed by atoms with Gasteiger partial charge in [-0.2, -0.15) is 0 Å². The smallest absolute Gasteiger partial charge is 0.328 e. The monoisotopic (exact) mass is 522 g/mol. The molecule has 1 aromatic heterocycles. The summed E-state index contributed by atoms with van der Waals surface area (Å²) in [5.74, 6) is -0.187. The van der Waals surface area contributed by atoms with Crippen LogP contribution in [0.4, 0.5) is 0 Å². The summed E-state index contributed by atoms with van der Waals surface area (Å²) in [6.07, 6.45) is 16.5. The Bertz CT molecular complexity index is 926. The predicted molar refractivity (Wildman–Crippen MR) is 147 cm³/mol. The standard InChI is InChI=1S/C28H47N2O5P/c1-2-3-4-5-6-7-8-9-10-11-12-13-14-19-28(32)30-26(27(31)22-36(33,34)35)20-23-21-29-25-18-16-15-17-24(23)25/h15-18,21,26-27,29,31H,2-14,19-20,22H2,1H3,(H,30,32)(H2,33,34,35)/t26-,27?/m0/s1. The number of aromatic amines is 1. The van der Waals surface area contributed by atoms with Crippen LogP contribution in [0.25, 0.3) is 10.9 Å². The van der Waals surface area contributed by atoms with E-state index in [1.54, 1.807) is 0 Å². The summed E-state index contributed by atoms with van der Waals surface area (Å²) >= 11 is 0. The van der Waals surface area contributed by atoms with Gasteiger partial charge in [0, 0.05) is 23.5 Å². The largest absolute Gasteiger partial charge is 0.390 e. The van der Waals surface area contributed by atoms with E-state index in [9.17, 15) is 24.3 Å². The Labute approximate surface area is 216 Å². The first-order valence-electron chi connectivity index (χ1n) is 13.9. The molecule has 5 N–H and O–H groups in total. The molecule has 1 amide bonds. The van der Waals surface area contributed by atoms with E-state index in [0.29, 0.717) is 6.42 Å². The summed E-state index contributed by atoms with van der Waals surface area (Å²) < 4.78 is 11.5. The van der Waals surface area contributed by atoms with Crippen molar-refractivity contribution in [3.63, 3.8) is 0 Å². The number of fused-ring (bicyclic) bond motifs is 1. The molecule has 7 nitrogen and oxygen atoms in total. The van der Waals surface area contributed by atoms with Crippen molar-refractivity contribution in [1.29, 1.82) is 0 Å². The number of aliphatic hydroxyl groups is 1. The summed E-state index contributed by atoms with van der Waals surface area (Å²) in [4.78, 5) is 34.4. The second-order valence-electron chi connectivity index (χ2n) is 10.1. The van der Waals surface area contributed by atoms with E-state index in [4.69, 9.17) is 0 Å². The van der Waals surface area contributed by atoms with Crippen molar-refractivity contribution < 1.29 is 24.3 Å². The molecule has 0 aliphatic carbocycles. The fourth-order valence-electron chi connectivity index (χ4n) is 4.77. The molecular formula is C28H47N2O5P. The molecule has 0 fully saturated rings. The Balaban J connectivity index is 1.69. The Morgan fingerprint density at radius 3 is 2.06 bits per heavy atom. The number of carbonyl (C=O) groups is 1. The van der Waals surface area contributed by atoms with Crippen LogP contribution in [0.2, 0.25) is 0 Å². The molecule has 36 heavy (non-hydrogen) atoms. The van der Waals surface area contributed by atoms with Crippen molar-refractivity contribution in [3.8, 4) is 0 Å². The Kier molecular flexibility index (Phi) is 14.4. The van der Waals surface area contributed by atoms with Crippen molar-refractivity contribution in [1.82, 2.24) is 10.3 Å². The molecule has 0 radical (unpaired) electrons. The quantitative estimate of drug-likeness (QED) is 0.104. The topological polar surface area (TPSA) is 123 Å². The highest BCUT2D eigenvalue weighted by molar-refractivity contribution is 7.51. The average molecular weight is 523 g/mol. The number of aromatic nitrogens is 1. The van der Waals surface area contributed by atoms with Crippen molar-refractivity contribution in [2.75, 3.05) is 6.16 Å². The first-order chi connectivity index (χ1) is 17.3. The fraction of sp³-hybridized carbons (Fsp3) is 0.679. The number of carbonyl (C=O) groups excluding carboxylic acids is 1. The number of hydrogen-bond donors (Lipinski definition) is 5. The van der Waals surface area contributed by atoms with Crippen molar-refractivity contribution in [2.24, 2.45) is 0 Å². The minimum Gasteiger partial charge on any atom is -0.390 e. The second-order valence-corrected chi connectivity index (χ2v) is 11.8. The second kappa shape index (κ2) is 17.0. The van der Waals surface area contributed by atoms with E-state index >= 15 is 0 Å². The number of H-pyrrole nitrogens is 1. The number of aliphatic hydroxyl groups excluding tert-OH is 1. The van der Waals surface area contributed by atoms with Gasteiger partial charge in [0.25, 0.3) is 0 Å². The van der Waals surface area contributed by atoms with Gasteiger partial charge in [-0.15, -0.1) is 0 Å². The first kappa shape index (κ1) is 30.6. The molecule has 0 spiro atoms. The average Bonchev–Trinajstić information content (AvgIpc) is 3.23. The van der Waals surface area contributed by atoms with E-state index in [1.807, 2.05) is 30.5 Å². The third kappa shape index (κ3) is 12.5. The summed E-state index contributed by atoms with van der Waals surface area (Å²) in [6, 6.07) is 6.94. The van der Waals surface area contributed by atoms with Crippen LogP contribution >= 0.6 is 7.60 Å². The SMILES string of the molecule is CCCCCCCCCCCCCCCC(=O)N[C@@H](Cc1c[nH]c2ccccc12)C(O)CP(=O)(O)O. The molecule has 0 aliphatic rings. The zero-order valence-corrected chi connectivity index (χ0v) is 22.9. The van der Waals surface area contributed by atoms with Gasteiger partial charge in [0.2, 0.25) is 5.91 Å². The van der Waals surface area contributed by atoms with Gasteiger partial charge in [-0.3, -0.25) is 9.36 Å². The number of para-hydroxylation sites is 1. The molecule has 204 valence electrons. The highest BCUT2D eigenvalue weighted by atomic mass is 31.2. The normalized spacial score (nSPS) is 13.7. The van der Waals surface area contributed by atoms with Gasteiger partial charge in [0.15, 0.2) is 0 Å². The van der Waals surface area contributed by atoms with Crippen molar-refractivity contribution in [3.05, 3.63) is 36.0 Å². The molecular weight excluding hydrogens is 475 g/mol. The molecule has 2 aromatic rings. The molecule has 0 saturated carbocycles. The number of unbranched alkanes of at least 4 members (excludes halogenated alkanes) is 12. The summed E-state index contributed by atoms with van der Waals surface area (Å²) in [7, 11) is -4.42. The van der Waals surface area contributed by atoms with Gasteiger partial charge in [0.05, 0.1) is 18.3 Å². The predicted octanol–water partition coefficient (Wildman–Crippen LogP) is 6.22. The molecule has 1 heterocycles. The van der Waals surface area contributed by atoms with E-state index in [2.05, 4.69) is 17.2 Å². The number of amides is 1. The van der Waals surface area contributed by atoms with E-state index in [-0.39, 0.29) is 12.3 Å². The Hall–Kier alpha value is -1.66. The third-order valence-electron chi connectivity index (χ3n) is 6.86. The van der Waals surface area contributed by atoms with E-state index < -0.39 is 25.9 Å². The molecule has 8 heteroatoms. The molecule has 0 saturated heterocycles. The maximum atomic E-state index is 12.6. The maximum absolute atomic E-state index is 12.6. The lowest BCUT2D eigenvalue weighted by Gasteiger charge is -2.24. The number of nitrogens with one attached hydrogen (secondary N) is 2. The number of rotatable bonds is 20. The van der Waals surface area contributed by atoms with Crippen LogP contribution in [0.3, 0.4) is 0 Å². The number of hydrogen-bond acceptors (Lipinski definition) is 3. The first-order valence-corrected chi connectivity index (χ1v) is 15.7. The number of benzene rings is 1. The van der Waals surface area contributed by atoms with Crippen LogP contribution in [0.15, 0.2) is 30.5 Å². The van der Waals surface area contributed by atoms with Crippen LogP contribution in [0.1, 0.15) is 102 Å². The van der Waals surface area contributed by atoms with Crippen molar-refractivity contribution in [2.45, 2.75) is 115 Å². The lowest BCUT2D eigenvalue weighted by Crippen LogP contribution is -2.46. The molecule has 0 bridgehead atoms. The lowest BCUT2D eigenvalue weighted by atomic mass is 10.0. The molecule has 1 aromatic carbocycles. The third-order valence-corrected chi connectivity index (χ3v) is 7.71. The van der Waals surface area contributed by atoms with Crippen molar-refractivity contribution >= 4 is 24.4 Å². The molecule has 2 atom stereocenters. The molecule has 2 rings (SSSR count). The summed E-state index contributed by atoms with van der Waals surface area (Å²) in [5, 5.41) is 14.3. The van der Waals surface area contributed by atoms with Crippen LogP contribution in [-0.2, 0) is 15.8 Å². The van der Waals surface area contributed by atoms with E-state index in [1.165, 1.54) is 64.2 Å². The lowest BCUT2D eigenvalue weighted by molar-refractivity contribution is -0.122. The zero-order chi connectivity index (χ0) is 26.2. The van der Waals surface area contributed by atoms with Crippen LogP contribution in [0, 0.1) is 0 Å². The van der Waals surface area contributed by atoms with Crippen LogP contribution < -0.4 is 5.32 Å². The molecule has 1 unspecified atom stereocenters. The van der Waals surface area contributed by atoms with Gasteiger partial charge in [0.1, 0.15) is 0 Å². The Morgan fingerprint density at radius 2 is 1.47 bits per heavy atom. The highest BCUT2D eigenvalue weighted by Gasteiger charge is 2.29. The Morgan fingerprint density at radius 1 is 0.917 bits per heavy atom. The van der Waals surface area contributed by atoms with Crippen LogP contribution in [0.5, 0.6) is 0 Å².